The van der Waals surface area contributed by atoms with Gasteiger partial charge in [0, 0.05) is 40.3 Å². The minimum Gasteiger partial charge on any atom is -0.475 e. The first-order valence-electron chi connectivity index (χ1n) is 10.2. The zero-order valence-corrected chi connectivity index (χ0v) is 18.7. The first-order valence-corrected chi connectivity index (χ1v) is 10.2. The van der Waals surface area contributed by atoms with Crippen molar-refractivity contribution in [3.63, 3.8) is 0 Å². The summed E-state index contributed by atoms with van der Waals surface area (Å²) < 4.78 is 35.8. The number of hydrogen-bond acceptors (Lipinski definition) is 7. The summed E-state index contributed by atoms with van der Waals surface area (Å²) in [5.41, 5.74) is 5.86. The van der Waals surface area contributed by atoms with Gasteiger partial charge >= 0.3 is 17.8 Å². The minimum atomic E-state index is -5.08. The van der Waals surface area contributed by atoms with Gasteiger partial charge < -0.3 is 21.1 Å². The summed E-state index contributed by atoms with van der Waals surface area (Å²) in [4.78, 5) is 53.0. The monoisotopic (exact) mass is 513 g/mol. The van der Waals surface area contributed by atoms with Crippen LogP contribution in [0.15, 0.2) is 33.9 Å². The number of para-hydroxylation sites is 1. The summed E-state index contributed by atoms with van der Waals surface area (Å²) in [6.45, 7) is 2.88. The number of benzene rings is 1. The standard InChI is InChI=1S/C18H21N7O3.C2HF3O2.CH4/c1-22-15-13(16(27)23(2)18(22)28)25(12-6-4-3-5-11(12)14(19)26)17(21-15)24-9-7-20-8-10-24;3-2(4,5)1(6)7;/h3-6,20H,7-10H2,1-2H3,(H2,19,26);(H,6,7);1H4. The molecule has 4 rings (SSSR count). The zero-order valence-electron chi connectivity index (χ0n) is 18.7. The van der Waals surface area contributed by atoms with Crippen molar-refractivity contribution >= 4 is 29.0 Å². The lowest BCUT2D eigenvalue weighted by molar-refractivity contribution is -0.192. The van der Waals surface area contributed by atoms with E-state index < -0.39 is 29.3 Å². The third-order valence-corrected chi connectivity index (χ3v) is 5.29. The van der Waals surface area contributed by atoms with Crippen molar-refractivity contribution in [2.24, 2.45) is 19.8 Å². The molecule has 1 amide bonds. The molecule has 0 spiro atoms. The number of halogens is 3. The molecule has 1 aliphatic rings. The maximum Gasteiger partial charge on any atom is 0.490 e. The third-order valence-electron chi connectivity index (χ3n) is 5.29. The van der Waals surface area contributed by atoms with E-state index in [-0.39, 0.29) is 24.2 Å². The Morgan fingerprint density at radius 1 is 1.08 bits per heavy atom. The van der Waals surface area contributed by atoms with E-state index in [9.17, 15) is 27.6 Å². The van der Waals surface area contributed by atoms with Crippen LogP contribution >= 0.6 is 0 Å². The van der Waals surface area contributed by atoms with Crippen LogP contribution in [0.25, 0.3) is 16.9 Å². The summed E-state index contributed by atoms with van der Waals surface area (Å²) in [7, 11) is 2.99. The van der Waals surface area contributed by atoms with Crippen molar-refractivity contribution in [2.75, 3.05) is 31.1 Å². The molecule has 0 radical (unpaired) electrons. The van der Waals surface area contributed by atoms with Gasteiger partial charge in [-0.1, -0.05) is 19.6 Å². The van der Waals surface area contributed by atoms with Gasteiger partial charge in [-0.15, -0.1) is 0 Å². The van der Waals surface area contributed by atoms with E-state index in [0.29, 0.717) is 24.7 Å². The molecule has 0 atom stereocenters. The highest BCUT2D eigenvalue weighted by Gasteiger charge is 2.38. The van der Waals surface area contributed by atoms with E-state index in [2.05, 4.69) is 10.3 Å². The number of rotatable bonds is 3. The van der Waals surface area contributed by atoms with Gasteiger partial charge in [0.2, 0.25) is 5.95 Å². The van der Waals surface area contributed by atoms with Crippen LogP contribution in [0, 0.1) is 0 Å². The number of nitrogens with one attached hydrogen (secondary N) is 1. The number of carbonyl (C=O) groups is 2. The average Bonchev–Trinajstić information content (AvgIpc) is 3.22. The van der Waals surface area contributed by atoms with Gasteiger partial charge in [-0.05, 0) is 12.1 Å². The molecule has 1 aromatic carbocycles. The normalized spacial score (nSPS) is 13.5. The lowest BCUT2D eigenvalue weighted by Crippen LogP contribution is -2.44. The van der Waals surface area contributed by atoms with Crippen molar-refractivity contribution in [3.8, 4) is 5.69 Å². The highest BCUT2D eigenvalue weighted by molar-refractivity contribution is 5.97. The predicted molar refractivity (Wildman–Crippen MR) is 126 cm³/mol. The Morgan fingerprint density at radius 3 is 2.17 bits per heavy atom. The Balaban J connectivity index is 0.000000503. The first kappa shape index (κ1) is 28.1. The molecule has 1 saturated heterocycles. The molecule has 1 fully saturated rings. The lowest BCUT2D eigenvalue weighted by atomic mass is 10.1. The number of fused-ring (bicyclic) bond motifs is 1. The first-order chi connectivity index (χ1) is 16.4. The van der Waals surface area contributed by atoms with Crippen LogP contribution in [0.2, 0.25) is 0 Å². The summed E-state index contributed by atoms with van der Waals surface area (Å²) in [6, 6.07) is 6.80. The van der Waals surface area contributed by atoms with E-state index in [1.807, 2.05) is 4.90 Å². The molecule has 0 unspecified atom stereocenters. The number of nitrogens with zero attached hydrogens (tertiary/aromatic N) is 5. The number of carboxylic acids is 1. The molecule has 3 heterocycles. The number of primary amides is 1. The van der Waals surface area contributed by atoms with Gasteiger partial charge in [-0.2, -0.15) is 18.2 Å². The molecule has 1 aliphatic heterocycles. The van der Waals surface area contributed by atoms with Crippen LogP contribution in [-0.4, -0.2) is 68.0 Å². The number of aromatic nitrogens is 4. The second-order valence-electron chi connectivity index (χ2n) is 7.55. The highest BCUT2D eigenvalue weighted by atomic mass is 19.4. The van der Waals surface area contributed by atoms with Crippen LogP contribution in [0.3, 0.4) is 0 Å². The molecule has 196 valence electrons. The summed E-state index contributed by atoms with van der Waals surface area (Å²) in [5.74, 6) is -2.86. The van der Waals surface area contributed by atoms with Gasteiger partial charge in [0.25, 0.3) is 11.5 Å². The third kappa shape index (κ3) is 5.25. The maximum atomic E-state index is 13.0. The number of alkyl halides is 3. The number of amides is 1. The zero-order chi connectivity index (χ0) is 26.1. The maximum absolute atomic E-state index is 13.0. The van der Waals surface area contributed by atoms with E-state index >= 15 is 0 Å². The number of anilines is 1. The quantitative estimate of drug-likeness (QED) is 0.448. The molecular weight excluding hydrogens is 487 g/mol. The van der Waals surface area contributed by atoms with Gasteiger partial charge in [0.05, 0.1) is 11.3 Å². The van der Waals surface area contributed by atoms with Gasteiger partial charge in [0.1, 0.15) is 0 Å². The predicted octanol–water partition coefficient (Wildman–Crippen LogP) is 0.201. The molecule has 0 saturated carbocycles. The number of aliphatic carboxylic acids is 1. The molecule has 36 heavy (non-hydrogen) atoms. The van der Waals surface area contributed by atoms with E-state index in [4.69, 9.17) is 15.6 Å². The summed E-state index contributed by atoms with van der Waals surface area (Å²) in [6.07, 6.45) is -5.08. The smallest absolute Gasteiger partial charge is 0.475 e. The fourth-order valence-corrected chi connectivity index (χ4v) is 3.57. The number of carboxylic acid groups (broad SMARTS) is 1. The molecule has 4 N–H and O–H groups in total. The summed E-state index contributed by atoms with van der Waals surface area (Å²) in [5, 5.41) is 10.4. The fraction of sp³-hybridized carbons (Fsp3) is 0.381. The number of aryl methyl sites for hydroxylation is 1. The van der Waals surface area contributed by atoms with Crippen molar-refractivity contribution in [1.29, 1.82) is 0 Å². The number of nitrogens with two attached hydrogens (primary N) is 1. The van der Waals surface area contributed by atoms with E-state index in [1.54, 1.807) is 35.9 Å². The van der Waals surface area contributed by atoms with Gasteiger partial charge in [-0.3, -0.25) is 23.3 Å². The number of carbonyl (C=O) groups excluding carboxylic acids is 1. The average molecular weight is 513 g/mol. The number of piperazine rings is 1. The molecule has 3 aromatic rings. The Morgan fingerprint density at radius 2 is 1.64 bits per heavy atom. The largest absolute Gasteiger partial charge is 0.490 e. The molecule has 2 aromatic heterocycles. The summed E-state index contributed by atoms with van der Waals surface area (Å²) >= 11 is 0. The number of imidazole rings is 1. The van der Waals surface area contributed by atoms with E-state index in [0.717, 1.165) is 17.7 Å². The van der Waals surface area contributed by atoms with Crippen LogP contribution < -0.4 is 27.2 Å². The minimum absolute atomic E-state index is 0. The second kappa shape index (κ2) is 10.6. The second-order valence-corrected chi connectivity index (χ2v) is 7.55. The van der Waals surface area contributed by atoms with Crippen molar-refractivity contribution in [2.45, 2.75) is 13.6 Å². The molecule has 0 bridgehead atoms. The molecule has 0 aliphatic carbocycles. The van der Waals surface area contributed by atoms with Gasteiger partial charge in [0.15, 0.2) is 11.2 Å². The topological polar surface area (TPSA) is 157 Å². The van der Waals surface area contributed by atoms with Crippen molar-refractivity contribution in [3.05, 3.63) is 50.7 Å². The highest BCUT2D eigenvalue weighted by Crippen LogP contribution is 2.27. The Bertz CT molecular complexity index is 1400. The molecular formula is C21H26F3N7O5. The van der Waals surface area contributed by atoms with Crippen LogP contribution in [0.5, 0.6) is 0 Å². The molecule has 12 nitrogen and oxygen atoms in total. The van der Waals surface area contributed by atoms with Crippen molar-refractivity contribution in [1.82, 2.24) is 24.0 Å². The van der Waals surface area contributed by atoms with Crippen molar-refractivity contribution < 1.29 is 27.9 Å². The van der Waals surface area contributed by atoms with E-state index in [1.165, 1.54) is 11.6 Å². The van der Waals surface area contributed by atoms with Crippen LogP contribution in [0.1, 0.15) is 17.8 Å². The van der Waals surface area contributed by atoms with Crippen LogP contribution in [0.4, 0.5) is 19.1 Å². The Kier molecular flexibility index (Phi) is 8.30. The number of hydrogen-bond donors (Lipinski definition) is 3. The van der Waals surface area contributed by atoms with Gasteiger partial charge in [-0.25, -0.2) is 9.59 Å². The Hall–Kier alpha value is -4.14. The fourth-order valence-electron chi connectivity index (χ4n) is 3.57. The SMILES string of the molecule is C.Cn1c(=O)c2c(nc(N3CCNCC3)n2-c2ccccc2C(N)=O)n(C)c1=O.O=C(O)C(F)(F)F. The van der Waals surface area contributed by atoms with Crippen LogP contribution in [-0.2, 0) is 18.9 Å². The Labute approximate surface area is 202 Å². The molecule has 15 heteroatoms. The lowest BCUT2D eigenvalue weighted by Gasteiger charge is -2.29.